The van der Waals surface area contributed by atoms with Crippen LogP contribution in [0.5, 0.6) is 11.5 Å². The summed E-state index contributed by atoms with van der Waals surface area (Å²) >= 11 is 5.78. The zero-order chi connectivity index (χ0) is 14.0. The molecule has 3 N–H and O–H groups in total. The Morgan fingerprint density at radius 1 is 1.37 bits per heavy atom. The quantitative estimate of drug-likeness (QED) is 0.583. The van der Waals surface area contributed by atoms with Gasteiger partial charge >= 0.3 is 0 Å². The number of aromatic nitrogens is 1. The van der Waals surface area contributed by atoms with E-state index in [2.05, 4.69) is 10.3 Å². The van der Waals surface area contributed by atoms with Crippen LogP contribution in [0.2, 0.25) is 5.15 Å². The first kappa shape index (κ1) is 13.2. The van der Waals surface area contributed by atoms with Gasteiger partial charge in [0.05, 0.1) is 17.4 Å². The number of phenolic OH excluding ortho intramolecular Hbond substituents is 2. The van der Waals surface area contributed by atoms with Crippen LogP contribution in [0, 0.1) is 6.92 Å². The second-order valence-electron chi connectivity index (χ2n) is 3.96. The summed E-state index contributed by atoms with van der Waals surface area (Å²) in [6.45, 7) is 1.76. The maximum Gasteiger partial charge on any atom is 0.259 e. The van der Waals surface area contributed by atoms with Gasteiger partial charge in [0.1, 0.15) is 5.15 Å². The first-order valence-electron chi connectivity index (χ1n) is 5.43. The van der Waals surface area contributed by atoms with Crippen LogP contribution in [-0.2, 0) is 0 Å². The third-order valence-corrected chi connectivity index (χ3v) is 2.93. The van der Waals surface area contributed by atoms with Gasteiger partial charge in [0, 0.05) is 0 Å². The number of halogens is 1. The molecule has 0 fully saturated rings. The fourth-order valence-electron chi connectivity index (χ4n) is 1.54. The summed E-state index contributed by atoms with van der Waals surface area (Å²) in [5, 5.41) is 21.9. The second kappa shape index (κ2) is 5.16. The molecule has 0 saturated carbocycles. The molecule has 1 aromatic heterocycles. The number of aryl methyl sites for hydroxylation is 1. The number of phenols is 2. The highest BCUT2D eigenvalue weighted by Crippen LogP contribution is 2.28. The Morgan fingerprint density at radius 3 is 2.79 bits per heavy atom. The molecule has 1 aromatic carbocycles. The minimum absolute atomic E-state index is 0.0207. The highest BCUT2D eigenvalue weighted by Gasteiger charge is 2.14. The van der Waals surface area contributed by atoms with Gasteiger partial charge in [0.2, 0.25) is 0 Å². The lowest BCUT2D eigenvalue weighted by Gasteiger charge is -2.08. The number of anilines is 1. The van der Waals surface area contributed by atoms with Crippen molar-refractivity contribution >= 4 is 23.2 Å². The summed E-state index contributed by atoms with van der Waals surface area (Å²) in [5.41, 5.74) is 1.15. The molecule has 0 aliphatic carbocycles. The van der Waals surface area contributed by atoms with Crippen molar-refractivity contribution in [1.29, 1.82) is 0 Å². The molecule has 2 rings (SSSR count). The fourth-order valence-corrected chi connectivity index (χ4v) is 1.64. The van der Waals surface area contributed by atoms with Crippen molar-refractivity contribution in [3.8, 4) is 11.5 Å². The number of hydrogen-bond donors (Lipinski definition) is 3. The topological polar surface area (TPSA) is 82.5 Å². The molecule has 0 saturated heterocycles. The molecule has 19 heavy (non-hydrogen) atoms. The van der Waals surface area contributed by atoms with Crippen LogP contribution in [0.1, 0.15) is 15.9 Å². The van der Waals surface area contributed by atoms with E-state index in [0.717, 1.165) is 5.56 Å². The molecule has 0 bridgehead atoms. The number of hydrogen-bond acceptors (Lipinski definition) is 4. The van der Waals surface area contributed by atoms with E-state index >= 15 is 0 Å². The predicted molar refractivity (Wildman–Crippen MR) is 71.7 cm³/mol. The summed E-state index contributed by atoms with van der Waals surface area (Å²) in [6, 6.07) is 5.82. The molecule has 0 radical (unpaired) electrons. The SMILES string of the molecule is Cc1cc(NC(=O)c2cccc(O)c2O)cnc1Cl. The number of benzene rings is 1. The molecule has 5 nitrogen and oxygen atoms in total. The smallest absolute Gasteiger partial charge is 0.259 e. The van der Waals surface area contributed by atoms with Crippen molar-refractivity contribution in [3.63, 3.8) is 0 Å². The number of pyridine rings is 1. The van der Waals surface area contributed by atoms with E-state index in [-0.39, 0.29) is 11.3 Å². The van der Waals surface area contributed by atoms with Gasteiger partial charge in [0.25, 0.3) is 5.91 Å². The highest BCUT2D eigenvalue weighted by atomic mass is 35.5. The van der Waals surface area contributed by atoms with Crippen LogP contribution in [0.4, 0.5) is 5.69 Å². The predicted octanol–water partition coefficient (Wildman–Crippen LogP) is 2.71. The Morgan fingerprint density at radius 2 is 2.11 bits per heavy atom. The largest absolute Gasteiger partial charge is 0.504 e. The third kappa shape index (κ3) is 2.77. The average molecular weight is 279 g/mol. The van der Waals surface area contributed by atoms with Crippen LogP contribution >= 0.6 is 11.6 Å². The summed E-state index contributed by atoms with van der Waals surface area (Å²) in [6.07, 6.45) is 1.41. The zero-order valence-corrected chi connectivity index (χ0v) is 10.8. The fraction of sp³-hybridized carbons (Fsp3) is 0.0769. The number of nitrogens with one attached hydrogen (secondary N) is 1. The molecule has 0 aliphatic rings. The number of nitrogens with zero attached hydrogens (tertiary/aromatic N) is 1. The van der Waals surface area contributed by atoms with Gasteiger partial charge in [-0.25, -0.2) is 4.98 Å². The van der Waals surface area contributed by atoms with Crippen LogP contribution in [0.25, 0.3) is 0 Å². The molecular weight excluding hydrogens is 268 g/mol. The van der Waals surface area contributed by atoms with Crippen LogP contribution in [0.15, 0.2) is 30.5 Å². The van der Waals surface area contributed by atoms with Crippen molar-refractivity contribution in [1.82, 2.24) is 4.98 Å². The standard InChI is InChI=1S/C13H11ClN2O3/c1-7-5-8(6-15-12(7)14)16-13(19)9-3-2-4-10(17)11(9)18/h2-6,17-18H,1H3,(H,16,19). The molecule has 0 spiro atoms. The summed E-state index contributed by atoms with van der Waals surface area (Å²) in [7, 11) is 0. The van der Waals surface area contributed by atoms with Crippen LogP contribution in [0.3, 0.4) is 0 Å². The van der Waals surface area contributed by atoms with E-state index in [1.54, 1.807) is 13.0 Å². The van der Waals surface area contributed by atoms with Crippen molar-refractivity contribution in [2.75, 3.05) is 5.32 Å². The highest BCUT2D eigenvalue weighted by molar-refractivity contribution is 6.30. The lowest BCUT2D eigenvalue weighted by Crippen LogP contribution is -2.12. The number of aromatic hydroxyl groups is 2. The maximum absolute atomic E-state index is 11.9. The van der Waals surface area contributed by atoms with Gasteiger partial charge in [-0.2, -0.15) is 0 Å². The number of amides is 1. The van der Waals surface area contributed by atoms with Gasteiger partial charge in [-0.3, -0.25) is 4.79 Å². The Kier molecular flexibility index (Phi) is 3.57. The Balaban J connectivity index is 2.26. The second-order valence-corrected chi connectivity index (χ2v) is 4.32. The van der Waals surface area contributed by atoms with Gasteiger partial charge in [-0.05, 0) is 30.7 Å². The van der Waals surface area contributed by atoms with E-state index < -0.39 is 11.7 Å². The monoisotopic (exact) mass is 278 g/mol. The van der Waals surface area contributed by atoms with E-state index in [4.69, 9.17) is 11.6 Å². The number of carbonyl (C=O) groups excluding carboxylic acids is 1. The van der Waals surface area contributed by atoms with Gasteiger partial charge in [-0.1, -0.05) is 17.7 Å². The van der Waals surface area contributed by atoms with Gasteiger partial charge < -0.3 is 15.5 Å². The number of para-hydroxylation sites is 1. The van der Waals surface area contributed by atoms with E-state index in [1.807, 2.05) is 0 Å². The van der Waals surface area contributed by atoms with Crippen LogP contribution < -0.4 is 5.32 Å². The normalized spacial score (nSPS) is 10.2. The minimum Gasteiger partial charge on any atom is -0.504 e. The van der Waals surface area contributed by atoms with E-state index in [1.165, 1.54) is 24.4 Å². The maximum atomic E-state index is 11.9. The summed E-state index contributed by atoms with van der Waals surface area (Å²) < 4.78 is 0. The average Bonchev–Trinajstić information content (AvgIpc) is 2.37. The molecule has 2 aromatic rings. The number of carbonyl (C=O) groups is 1. The van der Waals surface area contributed by atoms with Gasteiger partial charge in [0.15, 0.2) is 11.5 Å². The Labute approximate surface area is 114 Å². The van der Waals surface area contributed by atoms with Gasteiger partial charge in [-0.15, -0.1) is 0 Å². The van der Waals surface area contributed by atoms with Crippen molar-refractivity contribution < 1.29 is 15.0 Å². The molecule has 6 heteroatoms. The van der Waals surface area contributed by atoms with E-state index in [0.29, 0.717) is 10.8 Å². The van der Waals surface area contributed by atoms with Crippen molar-refractivity contribution in [2.45, 2.75) is 6.92 Å². The minimum atomic E-state index is -0.545. The molecular formula is C13H11ClN2O3. The zero-order valence-electron chi connectivity index (χ0n) is 10.0. The molecule has 98 valence electrons. The van der Waals surface area contributed by atoms with Crippen LogP contribution in [-0.4, -0.2) is 21.1 Å². The Bertz CT molecular complexity index is 644. The molecule has 0 unspecified atom stereocenters. The first-order chi connectivity index (χ1) is 8.99. The lowest BCUT2D eigenvalue weighted by molar-refractivity contribution is 0.102. The Hall–Kier alpha value is -2.27. The number of rotatable bonds is 2. The molecule has 1 amide bonds. The van der Waals surface area contributed by atoms with E-state index in [9.17, 15) is 15.0 Å². The van der Waals surface area contributed by atoms with Crippen molar-refractivity contribution in [2.24, 2.45) is 0 Å². The van der Waals surface area contributed by atoms with Crippen molar-refractivity contribution in [3.05, 3.63) is 46.7 Å². The molecule has 0 atom stereocenters. The summed E-state index contributed by atoms with van der Waals surface area (Å²) in [4.78, 5) is 15.8. The first-order valence-corrected chi connectivity index (χ1v) is 5.81. The lowest BCUT2D eigenvalue weighted by atomic mass is 10.1. The third-order valence-electron chi connectivity index (χ3n) is 2.53. The molecule has 1 heterocycles. The summed E-state index contributed by atoms with van der Waals surface area (Å²) in [5.74, 6) is -1.35. The molecule has 0 aliphatic heterocycles.